The first-order chi connectivity index (χ1) is 7.16. The number of Topliss-reactive ketones (excluding diaryl/α,β-unsaturated/α-hetero) is 1. The van der Waals surface area contributed by atoms with Gasteiger partial charge in [0.15, 0.2) is 5.78 Å². The second-order valence-corrected chi connectivity index (χ2v) is 4.49. The molecule has 15 heavy (non-hydrogen) atoms. The summed E-state index contributed by atoms with van der Waals surface area (Å²) < 4.78 is 12.9. The van der Waals surface area contributed by atoms with Crippen molar-refractivity contribution in [3.8, 4) is 0 Å². The monoisotopic (exact) mass is 206 g/mol. The van der Waals surface area contributed by atoms with Crippen LogP contribution in [0.2, 0.25) is 0 Å². The summed E-state index contributed by atoms with van der Waals surface area (Å²) in [7, 11) is 0. The van der Waals surface area contributed by atoms with E-state index in [1.807, 2.05) is 0 Å². The predicted octanol–water partition coefficient (Wildman–Crippen LogP) is 3.44. The predicted molar refractivity (Wildman–Crippen MR) is 57.2 cm³/mol. The van der Waals surface area contributed by atoms with Crippen LogP contribution in [0.4, 0.5) is 4.39 Å². The normalized spacial score (nSPS) is 25.5. The van der Waals surface area contributed by atoms with Crippen LogP contribution in [0.3, 0.4) is 0 Å². The summed E-state index contributed by atoms with van der Waals surface area (Å²) in [5, 5.41) is 0. The van der Waals surface area contributed by atoms with E-state index in [-0.39, 0.29) is 17.5 Å². The molecule has 1 fully saturated rings. The molecule has 1 aliphatic rings. The average molecular weight is 206 g/mol. The number of hydrogen-bond donors (Lipinski definition) is 0. The molecule has 1 aromatic rings. The molecule has 1 aromatic carbocycles. The molecule has 80 valence electrons. The molecule has 2 heteroatoms. The molecule has 2 rings (SSSR count). The van der Waals surface area contributed by atoms with E-state index in [0.29, 0.717) is 11.5 Å². The third-order valence-electron chi connectivity index (χ3n) is 3.17. The Labute approximate surface area is 89.3 Å². The zero-order chi connectivity index (χ0) is 10.8. The van der Waals surface area contributed by atoms with Gasteiger partial charge in [0.25, 0.3) is 0 Å². The molecule has 1 saturated carbocycles. The highest BCUT2D eigenvalue weighted by atomic mass is 19.1. The van der Waals surface area contributed by atoms with Crippen LogP contribution in [0.15, 0.2) is 24.3 Å². The zero-order valence-corrected chi connectivity index (χ0v) is 8.87. The molecule has 0 heterocycles. The highest BCUT2D eigenvalue weighted by Crippen LogP contribution is 2.32. The standard InChI is InChI=1S/C13H15FO/c1-9-5-6-11(7-9)13(15)10-3-2-4-12(14)8-10/h2-4,8-9,11H,5-7H2,1H3. The lowest BCUT2D eigenvalue weighted by Crippen LogP contribution is -2.11. The first-order valence-electron chi connectivity index (χ1n) is 5.46. The molecule has 0 amide bonds. The zero-order valence-electron chi connectivity index (χ0n) is 8.87. The van der Waals surface area contributed by atoms with Gasteiger partial charge < -0.3 is 0 Å². The average Bonchev–Trinajstić information content (AvgIpc) is 2.64. The first-order valence-corrected chi connectivity index (χ1v) is 5.46. The van der Waals surface area contributed by atoms with E-state index >= 15 is 0 Å². The summed E-state index contributed by atoms with van der Waals surface area (Å²) in [4.78, 5) is 12.0. The second-order valence-electron chi connectivity index (χ2n) is 4.49. The number of halogens is 1. The van der Waals surface area contributed by atoms with Gasteiger partial charge in [0.1, 0.15) is 5.82 Å². The van der Waals surface area contributed by atoms with Gasteiger partial charge in [0.2, 0.25) is 0 Å². The Kier molecular flexibility index (Phi) is 2.85. The highest BCUT2D eigenvalue weighted by molar-refractivity contribution is 5.97. The summed E-state index contributed by atoms with van der Waals surface area (Å²) in [5.74, 6) is 0.528. The number of carbonyl (C=O) groups excluding carboxylic acids is 1. The van der Waals surface area contributed by atoms with Crippen molar-refractivity contribution in [2.75, 3.05) is 0 Å². The number of rotatable bonds is 2. The van der Waals surface area contributed by atoms with Crippen LogP contribution < -0.4 is 0 Å². The van der Waals surface area contributed by atoms with Crippen molar-refractivity contribution < 1.29 is 9.18 Å². The van der Waals surface area contributed by atoms with E-state index in [2.05, 4.69) is 6.92 Å². The lowest BCUT2D eigenvalue weighted by molar-refractivity contribution is 0.0920. The molecule has 2 unspecified atom stereocenters. The Hall–Kier alpha value is -1.18. The SMILES string of the molecule is CC1CCC(C(=O)c2cccc(F)c2)C1. The quantitative estimate of drug-likeness (QED) is 0.677. The molecule has 1 nitrogen and oxygen atoms in total. The van der Waals surface area contributed by atoms with Gasteiger partial charge in [-0.2, -0.15) is 0 Å². The maximum absolute atomic E-state index is 12.9. The maximum Gasteiger partial charge on any atom is 0.166 e. The smallest absolute Gasteiger partial charge is 0.166 e. The Balaban J connectivity index is 2.14. The van der Waals surface area contributed by atoms with Crippen molar-refractivity contribution in [2.45, 2.75) is 26.2 Å². The molecule has 2 atom stereocenters. The Morgan fingerprint density at radius 3 is 2.80 bits per heavy atom. The molecule has 0 saturated heterocycles. The van der Waals surface area contributed by atoms with E-state index in [1.54, 1.807) is 12.1 Å². The molecular weight excluding hydrogens is 191 g/mol. The fourth-order valence-corrected chi connectivity index (χ4v) is 2.32. The molecule has 0 N–H and O–H groups in total. The van der Waals surface area contributed by atoms with Crippen LogP contribution in [-0.4, -0.2) is 5.78 Å². The van der Waals surface area contributed by atoms with Crippen LogP contribution in [0.1, 0.15) is 36.5 Å². The largest absolute Gasteiger partial charge is 0.294 e. The maximum atomic E-state index is 12.9. The van der Waals surface area contributed by atoms with Crippen LogP contribution >= 0.6 is 0 Å². The minimum Gasteiger partial charge on any atom is -0.294 e. The molecular formula is C13H15FO. The van der Waals surface area contributed by atoms with E-state index in [0.717, 1.165) is 19.3 Å². The van der Waals surface area contributed by atoms with Crippen molar-refractivity contribution in [3.05, 3.63) is 35.6 Å². The van der Waals surface area contributed by atoms with Crippen LogP contribution in [0.25, 0.3) is 0 Å². The number of benzene rings is 1. The van der Waals surface area contributed by atoms with Crippen LogP contribution in [0.5, 0.6) is 0 Å². The van der Waals surface area contributed by atoms with Gasteiger partial charge in [0, 0.05) is 11.5 Å². The van der Waals surface area contributed by atoms with Crippen molar-refractivity contribution >= 4 is 5.78 Å². The van der Waals surface area contributed by atoms with Gasteiger partial charge in [-0.1, -0.05) is 19.1 Å². The lowest BCUT2D eigenvalue weighted by Gasteiger charge is -2.08. The highest BCUT2D eigenvalue weighted by Gasteiger charge is 2.27. The van der Waals surface area contributed by atoms with Gasteiger partial charge in [-0.05, 0) is 37.3 Å². The first kappa shape index (κ1) is 10.3. The van der Waals surface area contributed by atoms with Crippen LogP contribution in [-0.2, 0) is 0 Å². The van der Waals surface area contributed by atoms with Crippen molar-refractivity contribution in [3.63, 3.8) is 0 Å². The van der Waals surface area contributed by atoms with Gasteiger partial charge in [-0.15, -0.1) is 0 Å². The Morgan fingerprint density at radius 1 is 1.40 bits per heavy atom. The van der Waals surface area contributed by atoms with Crippen LogP contribution in [0, 0.1) is 17.7 Å². The lowest BCUT2D eigenvalue weighted by atomic mass is 9.95. The molecule has 0 spiro atoms. The summed E-state index contributed by atoms with van der Waals surface area (Å²) in [6.07, 6.45) is 3.03. The van der Waals surface area contributed by atoms with Gasteiger partial charge in [-0.3, -0.25) is 4.79 Å². The third kappa shape index (κ3) is 2.25. The number of carbonyl (C=O) groups is 1. The minimum atomic E-state index is -0.327. The molecule has 1 aliphatic carbocycles. The topological polar surface area (TPSA) is 17.1 Å². The fourth-order valence-electron chi connectivity index (χ4n) is 2.32. The third-order valence-corrected chi connectivity index (χ3v) is 3.17. The Bertz CT molecular complexity index is 373. The number of ketones is 1. The van der Waals surface area contributed by atoms with E-state index < -0.39 is 0 Å². The van der Waals surface area contributed by atoms with Gasteiger partial charge in [-0.25, -0.2) is 4.39 Å². The summed E-state index contributed by atoms with van der Waals surface area (Å²) >= 11 is 0. The van der Waals surface area contributed by atoms with Gasteiger partial charge >= 0.3 is 0 Å². The van der Waals surface area contributed by atoms with Gasteiger partial charge in [0.05, 0.1) is 0 Å². The second kappa shape index (κ2) is 4.13. The summed E-state index contributed by atoms with van der Waals surface area (Å²) in [6.45, 7) is 2.17. The molecule has 0 bridgehead atoms. The molecule has 0 aliphatic heterocycles. The van der Waals surface area contributed by atoms with Crippen molar-refractivity contribution in [1.29, 1.82) is 0 Å². The summed E-state index contributed by atoms with van der Waals surface area (Å²) in [5.41, 5.74) is 0.522. The fraction of sp³-hybridized carbons (Fsp3) is 0.462. The van der Waals surface area contributed by atoms with Crippen molar-refractivity contribution in [2.24, 2.45) is 11.8 Å². The van der Waals surface area contributed by atoms with Crippen molar-refractivity contribution in [1.82, 2.24) is 0 Å². The minimum absolute atomic E-state index is 0.110. The Morgan fingerprint density at radius 2 is 2.20 bits per heavy atom. The molecule has 0 aromatic heterocycles. The number of hydrogen-bond acceptors (Lipinski definition) is 1. The van der Waals surface area contributed by atoms with E-state index in [4.69, 9.17) is 0 Å². The van der Waals surface area contributed by atoms with E-state index in [1.165, 1.54) is 12.1 Å². The van der Waals surface area contributed by atoms with E-state index in [9.17, 15) is 9.18 Å². The molecule has 0 radical (unpaired) electrons. The summed E-state index contributed by atoms with van der Waals surface area (Å²) in [6, 6.07) is 6.01.